The fraction of sp³-hybridized carbons (Fsp3) is 0.222. The van der Waals surface area contributed by atoms with E-state index in [1.54, 1.807) is 0 Å². The lowest BCUT2D eigenvalue weighted by Gasteiger charge is -2.02. The van der Waals surface area contributed by atoms with Crippen molar-refractivity contribution >= 4 is 32.6 Å². The maximum absolute atomic E-state index is 12.2. The molecule has 0 radical (unpaired) electrons. The fourth-order valence-electron chi connectivity index (χ4n) is 2.60. The smallest absolute Gasteiger partial charge is 0.230 e. The summed E-state index contributed by atoms with van der Waals surface area (Å²) in [5.74, 6) is -0.0287. The van der Waals surface area contributed by atoms with E-state index in [0.717, 1.165) is 21.3 Å². The largest absolute Gasteiger partial charge is 0.302 e. The summed E-state index contributed by atoms with van der Waals surface area (Å²) in [6.45, 7) is 6.16. The molecule has 0 unspecified atom stereocenters. The van der Waals surface area contributed by atoms with Crippen LogP contribution < -0.4 is 5.32 Å². The van der Waals surface area contributed by atoms with Crippen molar-refractivity contribution in [2.24, 2.45) is 0 Å². The van der Waals surface area contributed by atoms with Crippen LogP contribution in [-0.2, 0) is 11.2 Å². The Labute approximate surface area is 134 Å². The zero-order valence-electron chi connectivity index (χ0n) is 12.9. The summed E-state index contributed by atoms with van der Waals surface area (Å²) < 4.78 is 1.14. The lowest BCUT2D eigenvalue weighted by molar-refractivity contribution is -0.115. The number of aryl methyl sites for hydroxylation is 3. The van der Waals surface area contributed by atoms with Crippen molar-refractivity contribution in [3.8, 4) is 0 Å². The van der Waals surface area contributed by atoms with E-state index in [0.29, 0.717) is 11.6 Å². The van der Waals surface area contributed by atoms with Crippen molar-refractivity contribution in [1.29, 1.82) is 0 Å². The molecule has 1 amide bonds. The van der Waals surface area contributed by atoms with Crippen molar-refractivity contribution in [3.05, 3.63) is 58.7 Å². The van der Waals surface area contributed by atoms with Crippen LogP contribution in [0.25, 0.3) is 10.2 Å². The maximum atomic E-state index is 12.2. The average Bonchev–Trinajstić information content (AvgIpc) is 2.81. The highest BCUT2D eigenvalue weighted by atomic mass is 32.1. The van der Waals surface area contributed by atoms with Crippen LogP contribution in [0.15, 0.2) is 36.4 Å². The second-order valence-electron chi connectivity index (χ2n) is 5.66. The normalized spacial score (nSPS) is 10.9. The summed E-state index contributed by atoms with van der Waals surface area (Å²) in [6, 6.07) is 12.2. The first-order valence-electron chi connectivity index (χ1n) is 7.24. The molecular formula is C18H18N2OS. The van der Waals surface area contributed by atoms with Gasteiger partial charge in [-0.15, -0.1) is 0 Å². The number of carbonyl (C=O) groups is 1. The molecule has 0 fully saturated rings. The number of aromatic nitrogens is 1. The van der Waals surface area contributed by atoms with Crippen LogP contribution in [0.1, 0.15) is 22.3 Å². The number of thiazole rings is 1. The monoisotopic (exact) mass is 310 g/mol. The molecule has 1 N–H and O–H groups in total. The van der Waals surface area contributed by atoms with E-state index in [2.05, 4.69) is 36.3 Å². The maximum Gasteiger partial charge on any atom is 0.230 e. The average molecular weight is 310 g/mol. The third kappa shape index (κ3) is 3.17. The van der Waals surface area contributed by atoms with Crippen LogP contribution >= 0.6 is 11.3 Å². The predicted molar refractivity (Wildman–Crippen MR) is 92.6 cm³/mol. The Morgan fingerprint density at radius 1 is 1.14 bits per heavy atom. The molecule has 4 heteroatoms. The van der Waals surface area contributed by atoms with Gasteiger partial charge in [-0.1, -0.05) is 47.2 Å². The summed E-state index contributed by atoms with van der Waals surface area (Å²) in [4.78, 5) is 16.7. The zero-order chi connectivity index (χ0) is 15.7. The second kappa shape index (κ2) is 5.89. The fourth-order valence-corrected chi connectivity index (χ4v) is 3.53. The van der Waals surface area contributed by atoms with Crippen LogP contribution in [0.5, 0.6) is 0 Å². The Balaban J connectivity index is 1.78. The zero-order valence-corrected chi connectivity index (χ0v) is 13.8. The molecule has 0 saturated heterocycles. The molecule has 2 aromatic carbocycles. The Bertz CT molecular complexity index is 851. The standard InChI is InChI=1S/C18H18N2OS/c1-11-5-4-6-14(8-11)10-16(21)20-18-19-15-9-12(2)7-13(3)17(15)22-18/h4-9H,10H2,1-3H3,(H,19,20,21). The van der Waals surface area contributed by atoms with Gasteiger partial charge in [0.25, 0.3) is 0 Å². The number of fused-ring (bicyclic) bond motifs is 1. The molecule has 0 saturated carbocycles. The Morgan fingerprint density at radius 2 is 1.95 bits per heavy atom. The molecule has 22 heavy (non-hydrogen) atoms. The van der Waals surface area contributed by atoms with E-state index >= 15 is 0 Å². The van der Waals surface area contributed by atoms with E-state index in [-0.39, 0.29) is 5.91 Å². The first-order valence-corrected chi connectivity index (χ1v) is 8.06. The SMILES string of the molecule is Cc1cccc(CC(=O)Nc2nc3cc(C)cc(C)c3s2)c1. The molecule has 3 aromatic rings. The molecule has 112 valence electrons. The highest BCUT2D eigenvalue weighted by Gasteiger charge is 2.10. The van der Waals surface area contributed by atoms with Crippen LogP contribution in [0.2, 0.25) is 0 Å². The third-order valence-electron chi connectivity index (χ3n) is 3.51. The number of hydrogen-bond donors (Lipinski definition) is 1. The van der Waals surface area contributed by atoms with Crippen LogP contribution in [0, 0.1) is 20.8 Å². The van der Waals surface area contributed by atoms with Gasteiger partial charge in [0.2, 0.25) is 5.91 Å². The van der Waals surface area contributed by atoms with Gasteiger partial charge in [0, 0.05) is 0 Å². The molecule has 1 heterocycles. The van der Waals surface area contributed by atoms with Gasteiger partial charge in [-0.3, -0.25) is 4.79 Å². The number of nitrogens with zero attached hydrogens (tertiary/aromatic N) is 1. The number of rotatable bonds is 3. The molecule has 0 bridgehead atoms. The molecule has 0 atom stereocenters. The lowest BCUT2D eigenvalue weighted by Crippen LogP contribution is -2.14. The van der Waals surface area contributed by atoms with Gasteiger partial charge in [-0.2, -0.15) is 0 Å². The van der Waals surface area contributed by atoms with Gasteiger partial charge < -0.3 is 5.32 Å². The molecule has 0 spiro atoms. The number of benzene rings is 2. The van der Waals surface area contributed by atoms with Crippen LogP contribution in [-0.4, -0.2) is 10.9 Å². The second-order valence-corrected chi connectivity index (χ2v) is 6.66. The summed E-state index contributed by atoms with van der Waals surface area (Å²) in [5, 5.41) is 3.58. The highest BCUT2D eigenvalue weighted by molar-refractivity contribution is 7.22. The van der Waals surface area contributed by atoms with E-state index in [9.17, 15) is 4.79 Å². The summed E-state index contributed by atoms with van der Waals surface area (Å²) in [7, 11) is 0. The minimum absolute atomic E-state index is 0.0287. The Morgan fingerprint density at radius 3 is 2.73 bits per heavy atom. The summed E-state index contributed by atoms with van der Waals surface area (Å²) >= 11 is 1.53. The van der Waals surface area contributed by atoms with Crippen molar-refractivity contribution in [1.82, 2.24) is 4.98 Å². The topological polar surface area (TPSA) is 42.0 Å². The van der Waals surface area contributed by atoms with E-state index in [4.69, 9.17) is 0 Å². The van der Waals surface area contributed by atoms with E-state index in [1.165, 1.54) is 22.5 Å². The minimum Gasteiger partial charge on any atom is -0.302 e. The molecular weight excluding hydrogens is 292 g/mol. The van der Waals surface area contributed by atoms with Gasteiger partial charge in [0.1, 0.15) is 0 Å². The Hall–Kier alpha value is -2.20. The summed E-state index contributed by atoms with van der Waals surface area (Å²) in [5.41, 5.74) is 5.52. The molecule has 3 rings (SSSR count). The van der Waals surface area contributed by atoms with E-state index in [1.807, 2.05) is 31.2 Å². The molecule has 0 aliphatic carbocycles. The molecule has 0 aliphatic rings. The van der Waals surface area contributed by atoms with Gasteiger partial charge in [0.15, 0.2) is 5.13 Å². The predicted octanol–water partition coefficient (Wildman–Crippen LogP) is 4.40. The number of hydrogen-bond acceptors (Lipinski definition) is 3. The molecule has 1 aromatic heterocycles. The van der Waals surface area contributed by atoms with E-state index < -0.39 is 0 Å². The first-order chi connectivity index (χ1) is 10.5. The minimum atomic E-state index is -0.0287. The lowest BCUT2D eigenvalue weighted by atomic mass is 10.1. The van der Waals surface area contributed by atoms with Crippen molar-refractivity contribution in [3.63, 3.8) is 0 Å². The van der Waals surface area contributed by atoms with Crippen molar-refractivity contribution in [2.45, 2.75) is 27.2 Å². The van der Waals surface area contributed by atoms with Crippen molar-refractivity contribution in [2.75, 3.05) is 5.32 Å². The number of amides is 1. The number of anilines is 1. The van der Waals surface area contributed by atoms with Gasteiger partial charge >= 0.3 is 0 Å². The number of nitrogens with one attached hydrogen (secondary N) is 1. The quantitative estimate of drug-likeness (QED) is 0.779. The molecule has 3 nitrogen and oxygen atoms in total. The number of carbonyl (C=O) groups excluding carboxylic acids is 1. The van der Waals surface area contributed by atoms with Crippen LogP contribution in [0.4, 0.5) is 5.13 Å². The third-order valence-corrected chi connectivity index (χ3v) is 4.64. The Kier molecular flexibility index (Phi) is 3.94. The van der Waals surface area contributed by atoms with Crippen molar-refractivity contribution < 1.29 is 4.79 Å². The van der Waals surface area contributed by atoms with Gasteiger partial charge in [-0.25, -0.2) is 4.98 Å². The van der Waals surface area contributed by atoms with Gasteiger partial charge in [-0.05, 0) is 43.5 Å². The summed E-state index contributed by atoms with van der Waals surface area (Å²) in [6.07, 6.45) is 0.371. The highest BCUT2D eigenvalue weighted by Crippen LogP contribution is 2.29. The first kappa shape index (κ1) is 14.7. The van der Waals surface area contributed by atoms with Crippen LogP contribution in [0.3, 0.4) is 0 Å². The van der Waals surface area contributed by atoms with Gasteiger partial charge in [0.05, 0.1) is 16.6 Å². The molecule has 0 aliphatic heterocycles.